The molecule has 0 amide bonds. The Hall–Kier alpha value is -1.26. The minimum Gasteiger partial charge on any atom is -0.367 e. The van der Waals surface area contributed by atoms with Crippen molar-refractivity contribution in [1.82, 2.24) is 15.5 Å². The van der Waals surface area contributed by atoms with Crippen LogP contribution in [0.2, 0.25) is 5.02 Å². The van der Waals surface area contributed by atoms with Crippen LogP contribution < -0.4 is 10.2 Å². The summed E-state index contributed by atoms with van der Waals surface area (Å²) in [6.07, 6.45) is 1.80. The standard InChI is InChI=1S/C12H15ClN4/c1-8-7-17(3-2-14-8)12-5-11-9(4-10(12)13)6-15-16-11/h4-6,8,14H,2-3,7H2,1H3,(H,15,16)/t8-/m1/s1. The third-order valence-corrected chi connectivity index (χ3v) is 3.52. The van der Waals surface area contributed by atoms with Gasteiger partial charge in [-0.15, -0.1) is 0 Å². The van der Waals surface area contributed by atoms with E-state index in [1.807, 2.05) is 6.07 Å². The van der Waals surface area contributed by atoms with Gasteiger partial charge in [0, 0.05) is 31.1 Å². The maximum absolute atomic E-state index is 6.34. The molecule has 0 bridgehead atoms. The average Bonchev–Trinajstić information content (AvgIpc) is 2.75. The molecule has 0 aliphatic carbocycles. The summed E-state index contributed by atoms with van der Waals surface area (Å²) in [7, 11) is 0. The zero-order valence-electron chi connectivity index (χ0n) is 9.70. The maximum atomic E-state index is 6.34. The highest BCUT2D eigenvalue weighted by molar-refractivity contribution is 6.34. The zero-order valence-corrected chi connectivity index (χ0v) is 10.5. The van der Waals surface area contributed by atoms with Crippen LogP contribution in [0.1, 0.15) is 6.92 Å². The van der Waals surface area contributed by atoms with Gasteiger partial charge in [-0.25, -0.2) is 0 Å². The number of benzene rings is 1. The molecular weight excluding hydrogens is 236 g/mol. The molecular formula is C12H15ClN4. The Labute approximate surface area is 105 Å². The topological polar surface area (TPSA) is 44.0 Å². The predicted octanol–water partition coefficient (Wildman–Crippen LogP) is 2.01. The van der Waals surface area contributed by atoms with Crippen molar-refractivity contribution >= 4 is 28.2 Å². The minimum atomic E-state index is 0.497. The van der Waals surface area contributed by atoms with E-state index in [0.29, 0.717) is 6.04 Å². The Morgan fingerprint density at radius 2 is 2.35 bits per heavy atom. The molecule has 1 aliphatic heterocycles. The van der Waals surface area contributed by atoms with Gasteiger partial charge in [0.05, 0.1) is 22.4 Å². The molecule has 0 radical (unpaired) electrons. The number of H-pyrrole nitrogens is 1. The third kappa shape index (κ3) is 1.98. The number of anilines is 1. The number of rotatable bonds is 1. The van der Waals surface area contributed by atoms with Crippen molar-refractivity contribution in [3.63, 3.8) is 0 Å². The summed E-state index contributed by atoms with van der Waals surface area (Å²) >= 11 is 6.34. The van der Waals surface area contributed by atoms with Crippen molar-refractivity contribution in [2.45, 2.75) is 13.0 Å². The molecule has 90 valence electrons. The Bertz CT molecular complexity index is 536. The average molecular weight is 251 g/mol. The fourth-order valence-corrected chi connectivity index (χ4v) is 2.64. The van der Waals surface area contributed by atoms with Crippen LogP contribution in [0.15, 0.2) is 18.3 Å². The Balaban J connectivity index is 2.00. The van der Waals surface area contributed by atoms with Crippen molar-refractivity contribution in [2.75, 3.05) is 24.5 Å². The highest BCUT2D eigenvalue weighted by Crippen LogP contribution is 2.30. The second kappa shape index (κ2) is 4.20. The largest absolute Gasteiger partial charge is 0.367 e. The number of halogens is 1. The minimum absolute atomic E-state index is 0.497. The van der Waals surface area contributed by atoms with Crippen LogP contribution in [-0.4, -0.2) is 35.9 Å². The van der Waals surface area contributed by atoms with E-state index in [1.54, 1.807) is 6.20 Å². The summed E-state index contributed by atoms with van der Waals surface area (Å²) in [5.74, 6) is 0. The first-order valence-corrected chi connectivity index (χ1v) is 6.23. The van der Waals surface area contributed by atoms with Gasteiger partial charge in [-0.2, -0.15) is 5.10 Å². The van der Waals surface area contributed by atoms with Crippen LogP contribution in [-0.2, 0) is 0 Å². The SMILES string of the molecule is C[C@@H]1CN(c2cc3[nH]ncc3cc2Cl)CCN1. The van der Waals surface area contributed by atoms with E-state index >= 15 is 0 Å². The van der Waals surface area contributed by atoms with Crippen molar-refractivity contribution in [3.05, 3.63) is 23.4 Å². The monoisotopic (exact) mass is 250 g/mol. The lowest BCUT2D eigenvalue weighted by molar-refractivity contribution is 0.485. The van der Waals surface area contributed by atoms with Gasteiger partial charge < -0.3 is 10.2 Å². The lowest BCUT2D eigenvalue weighted by atomic mass is 10.1. The Morgan fingerprint density at radius 3 is 3.18 bits per heavy atom. The molecule has 1 aromatic carbocycles. The first-order valence-electron chi connectivity index (χ1n) is 5.85. The predicted molar refractivity (Wildman–Crippen MR) is 70.8 cm³/mol. The number of piperazine rings is 1. The number of aromatic amines is 1. The van der Waals surface area contributed by atoms with E-state index in [0.717, 1.165) is 41.2 Å². The van der Waals surface area contributed by atoms with Crippen molar-refractivity contribution in [1.29, 1.82) is 0 Å². The van der Waals surface area contributed by atoms with Crippen LogP contribution in [0, 0.1) is 0 Å². The van der Waals surface area contributed by atoms with Gasteiger partial charge >= 0.3 is 0 Å². The summed E-state index contributed by atoms with van der Waals surface area (Å²) in [4.78, 5) is 2.32. The molecule has 17 heavy (non-hydrogen) atoms. The van der Waals surface area contributed by atoms with Gasteiger partial charge in [-0.3, -0.25) is 5.10 Å². The second-order valence-corrected chi connectivity index (χ2v) is 4.97. The highest BCUT2D eigenvalue weighted by Gasteiger charge is 2.18. The van der Waals surface area contributed by atoms with Crippen molar-refractivity contribution in [3.8, 4) is 0 Å². The van der Waals surface area contributed by atoms with E-state index in [4.69, 9.17) is 11.6 Å². The Morgan fingerprint density at radius 1 is 1.47 bits per heavy atom. The second-order valence-electron chi connectivity index (χ2n) is 4.56. The number of fused-ring (bicyclic) bond motifs is 1. The smallest absolute Gasteiger partial charge is 0.0672 e. The van der Waals surface area contributed by atoms with Crippen LogP contribution in [0.5, 0.6) is 0 Å². The zero-order chi connectivity index (χ0) is 11.8. The molecule has 1 aliphatic rings. The van der Waals surface area contributed by atoms with Gasteiger partial charge in [0.15, 0.2) is 0 Å². The molecule has 1 atom stereocenters. The number of hydrogen-bond acceptors (Lipinski definition) is 3. The van der Waals surface area contributed by atoms with Crippen LogP contribution in [0.3, 0.4) is 0 Å². The molecule has 1 fully saturated rings. The molecule has 0 unspecified atom stereocenters. The van der Waals surface area contributed by atoms with Crippen LogP contribution in [0.4, 0.5) is 5.69 Å². The fraction of sp³-hybridized carbons (Fsp3) is 0.417. The van der Waals surface area contributed by atoms with Crippen molar-refractivity contribution in [2.24, 2.45) is 0 Å². The summed E-state index contributed by atoms with van der Waals surface area (Å²) < 4.78 is 0. The van der Waals surface area contributed by atoms with E-state index in [9.17, 15) is 0 Å². The normalized spacial score (nSPS) is 21.1. The van der Waals surface area contributed by atoms with Gasteiger partial charge in [0.2, 0.25) is 0 Å². The first kappa shape index (κ1) is 10.9. The van der Waals surface area contributed by atoms with Crippen LogP contribution >= 0.6 is 11.6 Å². The number of nitrogens with zero attached hydrogens (tertiary/aromatic N) is 2. The quantitative estimate of drug-likeness (QED) is 0.814. The molecule has 2 N–H and O–H groups in total. The van der Waals surface area contributed by atoms with E-state index in [2.05, 4.69) is 33.4 Å². The molecule has 0 spiro atoms. The van der Waals surface area contributed by atoms with Crippen molar-refractivity contribution < 1.29 is 0 Å². The highest BCUT2D eigenvalue weighted by atomic mass is 35.5. The van der Waals surface area contributed by atoms with E-state index in [1.165, 1.54) is 0 Å². The third-order valence-electron chi connectivity index (χ3n) is 3.22. The molecule has 5 heteroatoms. The molecule has 2 heterocycles. The maximum Gasteiger partial charge on any atom is 0.0672 e. The number of aromatic nitrogens is 2. The van der Waals surface area contributed by atoms with Gasteiger partial charge in [0.1, 0.15) is 0 Å². The first-order chi connectivity index (χ1) is 8.24. The molecule has 1 aromatic heterocycles. The fourth-order valence-electron chi connectivity index (χ4n) is 2.35. The van der Waals surface area contributed by atoms with Crippen LogP contribution in [0.25, 0.3) is 10.9 Å². The molecule has 2 aromatic rings. The number of nitrogens with one attached hydrogen (secondary N) is 2. The molecule has 4 nitrogen and oxygen atoms in total. The Kier molecular flexibility index (Phi) is 2.68. The lowest BCUT2D eigenvalue weighted by Crippen LogP contribution is -2.49. The summed E-state index contributed by atoms with van der Waals surface area (Å²) in [6.45, 7) is 5.16. The summed E-state index contributed by atoms with van der Waals surface area (Å²) in [6, 6.07) is 4.56. The van der Waals surface area contributed by atoms with Gasteiger partial charge in [-0.1, -0.05) is 11.6 Å². The molecule has 1 saturated heterocycles. The van der Waals surface area contributed by atoms with E-state index in [-0.39, 0.29) is 0 Å². The van der Waals surface area contributed by atoms with Gasteiger partial charge in [-0.05, 0) is 19.1 Å². The van der Waals surface area contributed by atoms with Gasteiger partial charge in [0.25, 0.3) is 0 Å². The lowest BCUT2D eigenvalue weighted by Gasteiger charge is -2.34. The summed E-state index contributed by atoms with van der Waals surface area (Å²) in [5.41, 5.74) is 2.13. The van der Waals surface area contributed by atoms with E-state index < -0.39 is 0 Å². The molecule has 0 saturated carbocycles. The summed E-state index contributed by atoms with van der Waals surface area (Å²) in [5, 5.41) is 12.3. The molecule has 3 rings (SSSR count). The number of hydrogen-bond donors (Lipinski definition) is 2.